The van der Waals surface area contributed by atoms with Crippen LogP contribution in [-0.2, 0) is 6.42 Å². The number of piperidine rings is 1. The summed E-state index contributed by atoms with van der Waals surface area (Å²) < 4.78 is 5.40. The van der Waals surface area contributed by atoms with E-state index in [0.29, 0.717) is 0 Å². The molecule has 0 radical (unpaired) electrons. The second kappa shape index (κ2) is 5.31. The van der Waals surface area contributed by atoms with E-state index in [1.54, 1.807) is 12.4 Å². The van der Waals surface area contributed by atoms with Crippen molar-refractivity contribution >= 4 is 0 Å². The molecule has 1 N–H and O–H groups in total. The molecule has 18 heavy (non-hydrogen) atoms. The minimum atomic E-state index is 0.738. The van der Waals surface area contributed by atoms with Crippen LogP contribution in [0.25, 0.3) is 11.3 Å². The van der Waals surface area contributed by atoms with Gasteiger partial charge in [-0.15, -0.1) is 0 Å². The zero-order valence-corrected chi connectivity index (χ0v) is 10.3. The largest absolute Gasteiger partial charge is 0.356 e. The monoisotopic (exact) mass is 243 g/mol. The minimum Gasteiger partial charge on any atom is -0.356 e. The maximum absolute atomic E-state index is 5.40. The summed E-state index contributed by atoms with van der Waals surface area (Å²) in [6, 6.07) is 5.93. The van der Waals surface area contributed by atoms with Gasteiger partial charge < -0.3 is 9.84 Å². The maximum atomic E-state index is 5.40. The van der Waals surface area contributed by atoms with E-state index in [4.69, 9.17) is 4.52 Å². The summed E-state index contributed by atoms with van der Waals surface area (Å²) in [5.74, 6) is 1.57. The fourth-order valence-electron chi connectivity index (χ4n) is 2.44. The van der Waals surface area contributed by atoms with Gasteiger partial charge in [-0.3, -0.25) is 4.98 Å². The Morgan fingerprint density at radius 3 is 2.78 bits per heavy atom. The zero-order chi connectivity index (χ0) is 12.2. The van der Waals surface area contributed by atoms with Gasteiger partial charge in [0.15, 0.2) is 5.76 Å². The van der Waals surface area contributed by atoms with E-state index in [-0.39, 0.29) is 0 Å². The van der Waals surface area contributed by atoms with Crippen molar-refractivity contribution in [3.05, 3.63) is 36.3 Å². The van der Waals surface area contributed by atoms with E-state index in [0.717, 1.165) is 42.4 Å². The highest BCUT2D eigenvalue weighted by Gasteiger charge is 2.16. The molecular formula is C14H17N3O. The predicted octanol–water partition coefficient (Wildman–Crippen LogP) is 2.28. The second-order valence-electron chi connectivity index (χ2n) is 4.82. The molecule has 0 saturated carbocycles. The van der Waals surface area contributed by atoms with Gasteiger partial charge in [-0.05, 0) is 50.4 Å². The molecule has 4 nitrogen and oxygen atoms in total. The van der Waals surface area contributed by atoms with Crippen LogP contribution in [0, 0.1) is 5.92 Å². The molecule has 0 bridgehead atoms. The molecule has 2 aromatic rings. The highest BCUT2D eigenvalue weighted by molar-refractivity contribution is 5.56. The summed E-state index contributed by atoms with van der Waals surface area (Å²) >= 11 is 0. The van der Waals surface area contributed by atoms with Gasteiger partial charge in [0.25, 0.3) is 0 Å². The number of pyridine rings is 1. The van der Waals surface area contributed by atoms with Gasteiger partial charge in [0, 0.05) is 24.0 Å². The third-order valence-electron chi connectivity index (χ3n) is 3.48. The third kappa shape index (κ3) is 2.59. The molecule has 4 heteroatoms. The molecule has 0 atom stereocenters. The van der Waals surface area contributed by atoms with E-state index in [2.05, 4.69) is 21.5 Å². The van der Waals surface area contributed by atoms with Gasteiger partial charge in [-0.25, -0.2) is 0 Å². The summed E-state index contributed by atoms with van der Waals surface area (Å²) in [6.07, 6.45) is 7.03. The molecule has 0 amide bonds. The van der Waals surface area contributed by atoms with Crippen molar-refractivity contribution in [1.82, 2.24) is 15.5 Å². The lowest BCUT2D eigenvalue weighted by Gasteiger charge is -2.21. The molecule has 2 aromatic heterocycles. The molecule has 0 spiro atoms. The SMILES string of the molecule is c1cc(-c2cc(CC3CCNCC3)no2)ccn1. The van der Waals surface area contributed by atoms with Crippen LogP contribution in [0.4, 0.5) is 0 Å². The van der Waals surface area contributed by atoms with Gasteiger partial charge in [-0.1, -0.05) is 5.16 Å². The minimum absolute atomic E-state index is 0.738. The van der Waals surface area contributed by atoms with E-state index < -0.39 is 0 Å². The lowest BCUT2D eigenvalue weighted by molar-refractivity contribution is 0.357. The van der Waals surface area contributed by atoms with Gasteiger partial charge in [0.1, 0.15) is 0 Å². The first-order chi connectivity index (χ1) is 8.92. The molecule has 0 aliphatic carbocycles. The lowest BCUT2D eigenvalue weighted by atomic mass is 9.93. The standard InChI is InChI=1S/C14H17N3O/c1-5-15-6-2-11(1)9-13-10-14(18-17-13)12-3-7-16-8-4-12/h3-4,7-8,10-11,15H,1-2,5-6,9H2. The van der Waals surface area contributed by atoms with Crippen LogP contribution < -0.4 is 5.32 Å². The Labute approximate surface area is 106 Å². The van der Waals surface area contributed by atoms with E-state index in [9.17, 15) is 0 Å². The first-order valence-electron chi connectivity index (χ1n) is 6.48. The van der Waals surface area contributed by atoms with Gasteiger partial charge in [0.2, 0.25) is 0 Å². The van der Waals surface area contributed by atoms with Gasteiger partial charge >= 0.3 is 0 Å². The number of nitrogens with zero attached hydrogens (tertiary/aromatic N) is 2. The quantitative estimate of drug-likeness (QED) is 0.898. The second-order valence-corrected chi connectivity index (χ2v) is 4.82. The van der Waals surface area contributed by atoms with Crippen LogP contribution >= 0.6 is 0 Å². The number of aromatic nitrogens is 2. The van der Waals surface area contributed by atoms with Crippen molar-refractivity contribution in [3.63, 3.8) is 0 Å². The molecule has 1 saturated heterocycles. The Hall–Kier alpha value is -1.68. The number of rotatable bonds is 3. The van der Waals surface area contributed by atoms with Crippen LogP contribution in [0.5, 0.6) is 0 Å². The molecule has 0 unspecified atom stereocenters. The van der Waals surface area contributed by atoms with Crippen molar-refractivity contribution in [1.29, 1.82) is 0 Å². The van der Waals surface area contributed by atoms with Crippen LogP contribution in [-0.4, -0.2) is 23.2 Å². The molecule has 1 fully saturated rings. The van der Waals surface area contributed by atoms with Crippen LogP contribution in [0.15, 0.2) is 35.1 Å². The van der Waals surface area contributed by atoms with Crippen molar-refractivity contribution in [2.75, 3.05) is 13.1 Å². The van der Waals surface area contributed by atoms with E-state index >= 15 is 0 Å². The number of hydrogen-bond donors (Lipinski definition) is 1. The number of nitrogens with one attached hydrogen (secondary N) is 1. The smallest absolute Gasteiger partial charge is 0.167 e. The van der Waals surface area contributed by atoms with Crippen molar-refractivity contribution < 1.29 is 4.52 Å². The highest BCUT2D eigenvalue weighted by Crippen LogP contribution is 2.22. The summed E-state index contributed by atoms with van der Waals surface area (Å²) in [5.41, 5.74) is 2.10. The molecule has 94 valence electrons. The third-order valence-corrected chi connectivity index (χ3v) is 3.48. The summed E-state index contributed by atoms with van der Waals surface area (Å²) in [5, 5.41) is 7.55. The Bertz CT molecular complexity index is 489. The molecular weight excluding hydrogens is 226 g/mol. The van der Waals surface area contributed by atoms with Crippen LogP contribution in [0.3, 0.4) is 0 Å². The summed E-state index contributed by atoms with van der Waals surface area (Å²) in [4.78, 5) is 4.00. The van der Waals surface area contributed by atoms with Crippen molar-refractivity contribution in [2.45, 2.75) is 19.3 Å². The number of hydrogen-bond acceptors (Lipinski definition) is 4. The Balaban J connectivity index is 1.69. The van der Waals surface area contributed by atoms with Gasteiger partial charge in [0.05, 0.1) is 5.69 Å². The van der Waals surface area contributed by atoms with E-state index in [1.165, 1.54) is 12.8 Å². The normalized spacial score (nSPS) is 16.9. The predicted molar refractivity (Wildman–Crippen MR) is 69.0 cm³/mol. The summed E-state index contributed by atoms with van der Waals surface area (Å²) in [6.45, 7) is 2.25. The molecule has 3 heterocycles. The fourth-order valence-corrected chi connectivity index (χ4v) is 2.44. The Kier molecular flexibility index (Phi) is 3.37. The Morgan fingerprint density at radius 1 is 1.22 bits per heavy atom. The maximum Gasteiger partial charge on any atom is 0.167 e. The average molecular weight is 243 g/mol. The zero-order valence-electron chi connectivity index (χ0n) is 10.3. The first-order valence-corrected chi connectivity index (χ1v) is 6.48. The molecule has 1 aliphatic heterocycles. The average Bonchev–Trinajstić information content (AvgIpc) is 2.89. The van der Waals surface area contributed by atoms with Crippen molar-refractivity contribution in [2.24, 2.45) is 5.92 Å². The fraction of sp³-hybridized carbons (Fsp3) is 0.429. The van der Waals surface area contributed by atoms with Crippen LogP contribution in [0.2, 0.25) is 0 Å². The topological polar surface area (TPSA) is 51.0 Å². The molecule has 3 rings (SSSR count). The molecule has 0 aromatic carbocycles. The first kappa shape index (κ1) is 11.4. The van der Waals surface area contributed by atoms with Gasteiger partial charge in [-0.2, -0.15) is 0 Å². The summed E-state index contributed by atoms with van der Waals surface area (Å²) in [7, 11) is 0. The van der Waals surface area contributed by atoms with Crippen molar-refractivity contribution in [3.8, 4) is 11.3 Å². The Morgan fingerprint density at radius 2 is 2.00 bits per heavy atom. The highest BCUT2D eigenvalue weighted by atomic mass is 16.5. The lowest BCUT2D eigenvalue weighted by Crippen LogP contribution is -2.28. The van der Waals surface area contributed by atoms with E-state index in [1.807, 2.05) is 12.1 Å². The van der Waals surface area contributed by atoms with Crippen LogP contribution in [0.1, 0.15) is 18.5 Å². The molecule has 1 aliphatic rings.